The van der Waals surface area contributed by atoms with E-state index in [9.17, 15) is 9.59 Å². The highest BCUT2D eigenvalue weighted by Gasteiger charge is 2.42. The second-order valence-corrected chi connectivity index (χ2v) is 9.13. The maximum atomic E-state index is 12.3. The third kappa shape index (κ3) is 4.92. The Morgan fingerprint density at radius 3 is 3.03 bits per heavy atom. The van der Waals surface area contributed by atoms with Gasteiger partial charge >= 0.3 is 0 Å². The predicted molar refractivity (Wildman–Crippen MR) is 122 cm³/mol. The number of aromatic nitrogens is 1. The largest absolute Gasteiger partial charge is 0.378 e. The first-order chi connectivity index (χ1) is 15.6. The molecule has 4 atom stereocenters. The van der Waals surface area contributed by atoms with Crippen LogP contribution >= 0.6 is 0 Å². The fourth-order valence-corrected chi connectivity index (χ4v) is 5.13. The lowest BCUT2D eigenvalue weighted by Crippen LogP contribution is -2.62. The minimum atomic E-state index is -0.0156. The first kappa shape index (κ1) is 21.3. The van der Waals surface area contributed by atoms with Crippen molar-refractivity contribution in [2.75, 3.05) is 25.0 Å². The number of nitrogens with one attached hydrogen (secondary N) is 3. The molecule has 8 nitrogen and oxygen atoms in total. The van der Waals surface area contributed by atoms with E-state index in [2.05, 4.69) is 25.8 Å². The Morgan fingerprint density at radius 1 is 1.19 bits per heavy atom. The number of rotatable bonds is 7. The zero-order chi connectivity index (χ0) is 21.9. The van der Waals surface area contributed by atoms with Gasteiger partial charge in [-0.15, -0.1) is 0 Å². The molecule has 2 aromatic rings. The number of para-hydroxylation sites is 1. The standard InChI is InChI=1S/C24H31N5O3/c30-22(27-21-11-9-16-5-1-2-6-19(16)25-21)7-3-4-12-32-18-10-8-17-14-29-15-23(31)28-24(29)26-20(17)13-18/h1-2,5-6,9,11,17-18,20,24,26H,3-4,7-8,10,12-15H2,(H,28,31)(H,25,27,30). The molecule has 1 aromatic heterocycles. The summed E-state index contributed by atoms with van der Waals surface area (Å²) in [4.78, 5) is 30.6. The van der Waals surface area contributed by atoms with Crippen LogP contribution in [0.4, 0.5) is 5.82 Å². The molecule has 3 N–H and O–H groups in total. The van der Waals surface area contributed by atoms with Crippen LogP contribution in [0.3, 0.4) is 0 Å². The molecule has 0 spiro atoms. The van der Waals surface area contributed by atoms with E-state index in [0.717, 1.165) is 49.6 Å². The average molecular weight is 438 g/mol. The number of carbonyl (C=O) groups is 2. The number of hydrogen-bond donors (Lipinski definition) is 3. The van der Waals surface area contributed by atoms with Crippen molar-refractivity contribution < 1.29 is 14.3 Å². The van der Waals surface area contributed by atoms with Crippen LogP contribution in [0.5, 0.6) is 0 Å². The van der Waals surface area contributed by atoms with Crippen LogP contribution in [-0.4, -0.2) is 59.8 Å². The maximum Gasteiger partial charge on any atom is 0.236 e. The molecular weight excluding hydrogens is 406 g/mol. The van der Waals surface area contributed by atoms with Gasteiger partial charge in [-0.05, 0) is 56.2 Å². The van der Waals surface area contributed by atoms with Crippen molar-refractivity contribution in [2.45, 2.75) is 57.0 Å². The number of ether oxygens (including phenoxy) is 1. The molecule has 5 rings (SSSR count). The van der Waals surface area contributed by atoms with Gasteiger partial charge in [0.2, 0.25) is 11.8 Å². The van der Waals surface area contributed by atoms with E-state index >= 15 is 0 Å². The monoisotopic (exact) mass is 437 g/mol. The summed E-state index contributed by atoms with van der Waals surface area (Å²) in [6.07, 6.45) is 5.53. The fraction of sp³-hybridized carbons (Fsp3) is 0.542. The minimum absolute atomic E-state index is 0.0112. The Balaban J connectivity index is 0.994. The zero-order valence-electron chi connectivity index (χ0n) is 18.3. The number of benzene rings is 1. The third-order valence-electron chi connectivity index (χ3n) is 6.81. The number of nitrogens with zero attached hydrogens (tertiary/aromatic N) is 2. The van der Waals surface area contributed by atoms with Gasteiger partial charge in [-0.3, -0.25) is 19.8 Å². The van der Waals surface area contributed by atoms with Crippen molar-refractivity contribution in [1.82, 2.24) is 20.5 Å². The van der Waals surface area contributed by atoms with E-state index in [0.29, 0.717) is 37.4 Å². The molecule has 3 heterocycles. The SMILES string of the molecule is O=C(CCCCOC1CCC2CN3CC(=O)NC3NC2C1)Nc1ccc2ccccc2n1. The molecule has 170 valence electrons. The number of amides is 2. The number of fused-ring (bicyclic) bond motifs is 3. The van der Waals surface area contributed by atoms with Crippen LogP contribution < -0.4 is 16.0 Å². The summed E-state index contributed by atoms with van der Waals surface area (Å²) in [7, 11) is 0. The number of anilines is 1. The number of carbonyl (C=O) groups excluding carboxylic acids is 2. The molecule has 3 aliphatic rings. The Bertz CT molecular complexity index is 983. The van der Waals surface area contributed by atoms with Crippen molar-refractivity contribution in [3.63, 3.8) is 0 Å². The Labute approximate surface area is 188 Å². The van der Waals surface area contributed by atoms with Crippen LogP contribution in [0.2, 0.25) is 0 Å². The van der Waals surface area contributed by atoms with E-state index in [1.807, 2.05) is 36.4 Å². The average Bonchev–Trinajstić information content (AvgIpc) is 3.15. The Morgan fingerprint density at radius 2 is 2.09 bits per heavy atom. The molecule has 0 bridgehead atoms. The van der Waals surface area contributed by atoms with Gasteiger partial charge in [0, 0.05) is 31.0 Å². The zero-order valence-corrected chi connectivity index (χ0v) is 18.3. The van der Waals surface area contributed by atoms with Gasteiger partial charge in [0.15, 0.2) is 0 Å². The quantitative estimate of drug-likeness (QED) is 0.575. The van der Waals surface area contributed by atoms with E-state index in [4.69, 9.17) is 4.74 Å². The lowest BCUT2D eigenvalue weighted by atomic mass is 9.81. The van der Waals surface area contributed by atoms with E-state index in [1.54, 1.807) is 0 Å². The fourth-order valence-electron chi connectivity index (χ4n) is 5.13. The summed E-state index contributed by atoms with van der Waals surface area (Å²) >= 11 is 0. The Hall–Kier alpha value is -2.55. The molecule has 0 radical (unpaired) electrons. The smallest absolute Gasteiger partial charge is 0.236 e. The molecule has 8 heteroatoms. The van der Waals surface area contributed by atoms with Gasteiger partial charge in [-0.25, -0.2) is 4.98 Å². The van der Waals surface area contributed by atoms with Crippen molar-refractivity contribution in [1.29, 1.82) is 0 Å². The van der Waals surface area contributed by atoms with Crippen LogP contribution in [0.25, 0.3) is 10.9 Å². The normalized spacial score (nSPS) is 27.6. The summed E-state index contributed by atoms with van der Waals surface area (Å²) < 4.78 is 6.13. The van der Waals surface area contributed by atoms with Crippen molar-refractivity contribution in [2.24, 2.45) is 5.92 Å². The van der Waals surface area contributed by atoms with E-state index in [1.165, 1.54) is 0 Å². The molecule has 2 aliphatic heterocycles. The molecule has 4 unspecified atom stereocenters. The highest BCUT2D eigenvalue weighted by molar-refractivity contribution is 5.91. The Kier molecular flexibility index (Phi) is 6.34. The topological polar surface area (TPSA) is 95.6 Å². The first-order valence-corrected chi connectivity index (χ1v) is 11.7. The molecule has 1 aromatic carbocycles. The molecule has 2 amide bonds. The van der Waals surface area contributed by atoms with Gasteiger partial charge < -0.3 is 15.4 Å². The van der Waals surface area contributed by atoms with E-state index < -0.39 is 0 Å². The summed E-state index contributed by atoms with van der Waals surface area (Å²) in [5.74, 6) is 1.28. The van der Waals surface area contributed by atoms with Gasteiger partial charge in [0.25, 0.3) is 0 Å². The molecular formula is C24H31N5O3. The predicted octanol–water partition coefficient (Wildman–Crippen LogP) is 2.22. The number of hydrogen-bond acceptors (Lipinski definition) is 6. The summed E-state index contributed by atoms with van der Waals surface area (Å²) in [6, 6.07) is 12.1. The molecule has 1 aliphatic carbocycles. The minimum Gasteiger partial charge on any atom is -0.378 e. The van der Waals surface area contributed by atoms with Crippen LogP contribution in [0.1, 0.15) is 38.5 Å². The van der Waals surface area contributed by atoms with Gasteiger partial charge in [-0.2, -0.15) is 0 Å². The number of unbranched alkanes of at least 4 members (excludes halogenated alkanes) is 1. The molecule has 3 fully saturated rings. The van der Waals surface area contributed by atoms with Gasteiger partial charge in [-0.1, -0.05) is 18.2 Å². The first-order valence-electron chi connectivity index (χ1n) is 11.7. The summed E-state index contributed by atoms with van der Waals surface area (Å²) in [5, 5.41) is 10.5. The molecule has 2 saturated heterocycles. The van der Waals surface area contributed by atoms with Crippen molar-refractivity contribution in [3.05, 3.63) is 36.4 Å². The second-order valence-electron chi connectivity index (χ2n) is 9.13. The van der Waals surface area contributed by atoms with Gasteiger partial charge in [0.05, 0.1) is 18.2 Å². The lowest BCUT2D eigenvalue weighted by molar-refractivity contribution is -0.119. The van der Waals surface area contributed by atoms with E-state index in [-0.39, 0.29) is 24.2 Å². The lowest BCUT2D eigenvalue weighted by Gasteiger charge is -2.45. The third-order valence-corrected chi connectivity index (χ3v) is 6.81. The van der Waals surface area contributed by atoms with Crippen molar-refractivity contribution >= 4 is 28.5 Å². The van der Waals surface area contributed by atoms with Crippen LogP contribution in [0.15, 0.2) is 36.4 Å². The van der Waals surface area contributed by atoms with Crippen LogP contribution in [-0.2, 0) is 14.3 Å². The van der Waals surface area contributed by atoms with Crippen molar-refractivity contribution in [3.8, 4) is 0 Å². The summed E-state index contributed by atoms with van der Waals surface area (Å²) in [5.41, 5.74) is 0.879. The maximum absolute atomic E-state index is 12.3. The van der Waals surface area contributed by atoms with Crippen LogP contribution in [0, 0.1) is 5.92 Å². The highest BCUT2D eigenvalue weighted by Crippen LogP contribution is 2.31. The number of pyridine rings is 1. The van der Waals surface area contributed by atoms with Gasteiger partial charge in [0.1, 0.15) is 12.1 Å². The highest BCUT2D eigenvalue weighted by atomic mass is 16.5. The summed E-state index contributed by atoms with van der Waals surface area (Å²) in [6.45, 7) is 2.16. The molecule has 1 saturated carbocycles. The second kappa shape index (κ2) is 9.52. The molecule has 32 heavy (non-hydrogen) atoms.